The third-order valence-corrected chi connectivity index (χ3v) is 10.3. The Hall–Kier alpha value is -0.680. The van der Waals surface area contributed by atoms with Gasteiger partial charge in [-0.3, -0.25) is 9.59 Å². The van der Waals surface area contributed by atoms with Crippen molar-refractivity contribution in [2.45, 2.75) is 62.3 Å². The number of Topliss-reactive ketones (excluding diaryl/α,β-unsaturated/α-hetero) is 1. The van der Waals surface area contributed by atoms with Crippen molar-refractivity contribution in [3.8, 4) is 0 Å². The Balaban J connectivity index is 1.84. The number of aliphatic hydroxyl groups excluding tert-OH is 1. The van der Waals surface area contributed by atoms with Crippen LogP contribution in [0.3, 0.4) is 0 Å². The van der Waals surface area contributed by atoms with Crippen molar-refractivity contribution >= 4 is 34.8 Å². The first kappa shape index (κ1) is 20.6. The lowest BCUT2D eigenvalue weighted by molar-refractivity contribution is -0.167. The monoisotopic (exact) mass is 426 g/mol. The van der Waals surface area contributed by atoms with E-state index in [1.807, 2.05) is 19.9 Å². The molecule has 0 spiro atoms. The standard InChI is InChI=1S/C22H28Cl2O4/c1-12-8-16-15-5-4-13-9-14(26)6-7-19(13,2)21(15,24)17(23)10-20(16,3)22(12,28)18(27)11-25/h6-7,9,12,15-17,25,28H,4-5,8,10-11H2,1-3H3/t12-,15+,16-,17-,19+,20-,21+,22+/m1/s1. The lowest BCUT2D eigenvalue weighted by Crippen LogP contribution is -2.67. The summed E-state index contributed by atoms with van der Waals surface area (Å²) in [6.45, 7) is 5.20. The third-order valence-electron chi connectivity index (χ3n) is 8.75. The molecular weight excluding hydrogens is 399 g/mol. The topological polar surface area (TPSA) is 74.6 Å². The smallest absolute Gasteiger partial charge is 0.190 e. The minimum Gasteiger partial charge on any atom is -0.388 e. The van der Waals surface area contributed by atoms with Gasteiger partial charge in [-0.1, -0.05) is 32.4 Å². The molecule has 0 saturated heterocycles. The second-order valence-corrected chi connectivity index (χ2v) is 10.9. The van der Waals surface area contributed by atoms with Crippen LogP contribution >= 0.6 is 23.2 Å². The van der Waals surface area contributed by atoms with Crippen LogP contribution in [0, 0.1) is 28.6 Å². The molecule has 6 heteroatoms. The van der Waals surface area contributed by atoms with Crippen molar-refractivity contribution in [3.63, 3.8) is 0 Å². The van der Waals surface area contributed by atoms with Gasteiger partial charge in [-0.25, -0.2) is 0 Å². The summed E-state index contributed by atoms with van der Waals surface area (Å²) in [5.74, 6) is -0.811. The number of fused-ring (bicyclic) bond motifs is 5. The van der Waals surface area contributed by atoms with Crippen LogP contribution in [-0.4, -0.2) is 44.2 Å². The molecule has 0 bridgehead atoms. The summed E-state index contributed by atoms with van der Waals surface area (Å²) in [4.78, 5) is 23.8. The summed E-state index contributed by atoms with van der Waals surface area (Å²) in [6.07, 6.45) is 7.76. The summed E-state index contributed by atoms with van der Waals surface area (Å²) < 4.78 is 0. The van der Waals surface area contributed by atoms with E-state index < -0.39 is 39.1 Å². The van der Waals surface area contributed by atoms with Crippen LogP contribution in [-0.2, 0) is 9.59 Å². The molecule has 0 aromatic rings. The van der Waals surface area contributed by atoms with Crippen LogP contribution in [0.15, 0.2) is 23.8 Å². The molecule has 0 heterocycles. The Kier molecular flexibility index (Phi) is 4.53. The quantitative estimate of drug-likeness (QED) is 0.663. The average Bonchev–Trinajstić information content (AvgIpc) is 2.84. The van der Waals surface area contributed by atoms with Crippen LogP contribution in [0.4, 0.5) is 0 Å². The molecule has 3 fully saturated rings. The van der Waals surface area contributed by atoms with E-state index >= 15 is 0 Å². The number of carbonyl (C=O) groups is 2. The summed E-state index contributed by atoms with van der Waals surface area (Å²) in [6, 6.07) is 0. The molecule has 0 aliphatic heterocycles. The average molecular weight is 427 g/mol. The van der Waals surface area contributed by atoms with E-state index in [0.717, 1.165) is 18.4 Å². The first-order chi connectivity index (χ1) is 13.0. The Bertz CT molecular complexity index is 806. The van der Waals surface area contributed by atoms with Crippen molar-refractivity contribution < 1.29 is 19.8 Å². The van der Waals surface area contributed by atoms with Crippen LogP contribution in [0.1, 0.15) is 46.5 Å². The molecule has 8 atom stereocenters. The van der Waals surface area contributed by atoms with Gasteiger partial charge in [0, 0.05) is 10.8 Å². The number of rotatable bonds is 2. The zero-order chi connectivity index (χ0) is 20.7. The maximum absolute atomic E-state index is 12.6. The molecule has 0 amide bonds. The van der Waals surface area contributed by atoms with Crippen molar-refractivity contribution in [1.82, 2.24) is 0 Å². The van der Waals surface area contributed by atoms with Crippen LogP contribution < -0.4 is 0 Å². The first-order valence-electron chi connectivity index (χ1n) is 10.1. The van der Waals surface area contributed by atoms with E-state index in [1.165, 1.54) is 0 Å². The van der Waals surface area contributed by atoms with Crippen LogP contribution in [0.25, 0.3) is 0 Å². The normalized spacial score (nSPS) is 52.5. The highest BCUT2D eigenvalue weighted by atomic mass is 35.5. The molecule has 0 radical (unpaired) electrons. The second kappa shape index (κ2) is 6.16. The zero-order valence-corrected chi connectivity index (χ0v) is 18.1. The molecule has 4 nitrogen and oxygen atoms in total. The number of carbonyl (C=O) groups excluding carboxylic acids is 2. The summed E-state index contributed by atoms with van der Waals surface area (Å²) in [5.41, 5.74) is -1.86. The van der Waals surface area contributed by atoms with Gasteiger partial charge >= 0.3 is 0 Å². The van der Waals surface area contributed by atoms with Crippen molar-refractivity contribution in [3.05, 3.63) is 23.8 Å². The van der Waals surface area contributed by atoms with E-state index in [0.29, 0.717) is 12.8 Å². The number of halogens is 2. The molecule has 4 aliphatic carbocycles. The Morgan fingerprint density at radius 3 is 2.64 bits per heavy atom. The van der Waals surface area contributed by atoms with Crippen molar-refractivity contribution in [2.24, 2.45) is 28.6 Å². The lowest BCUT2D eigenvalue weighted by atomic mass is 9.46. The predicted octanol–water partition coefficient (Wildman–Crippen LogP) is 3.41. The van der Waals surface area contributed by atoms with E-state index in [2.05, 4.69) is 6.92 Å². The fourth-order valence-corrected chi connectivity index (χ4v) is 8.43. The highest BCUT2D eigenvalue weighted by molar-refractivity contribution is 6.34. The SMILES string of the molecule is C[C@@H]1C[C@@H]2[C@@H]3CCC4=CC(=O)C=C[C@]4(C)[C@@]3(Cl)[C@H](Cl)C[C@@]2(C)[C@@]1(O)C(=O)CO. The number of hydrogen-bond acceptors (Lipinski definition) is 4. The third kappa shape index (κ3) is 2.16. The number of ketones is 2. The van der Waals surface area contributed by atoms with E-state index in [9.17, 15) is 19.8 Å². The molecular formula is C22H28Cl2O4. The Morgan fingerprint density at radius 2 is 2.00 bits per heavy atom. The highest BCUT2D eigenvalue weighted by Gasteiger charge is 2.74. The molecule has 2 N–H and O–H groups in total. The van der Waals surface area contributed by atoms with E-state index in [1.54, 1.807) is 12.2 Å². The number of allylic oxidation sites excluding steroid dienone is 4. The number of hydrogen-bond donors (Lipinski definition) is 2. The summed E-state index contributed by atoms with van der Waals surface area (Å²) in [7, 11) is 0. The molecule has 4 rings (SSSR count). The lowest BCUT2D eigenvalue weighted by Gasteiger charge is -2.63. The second-order valence-electron chi connectivity index (χ2n) is 9.70. The maximum Gasteiger partial charge on any atom is 0.190 e. The first-order valence-corrected chi connectivity index (χ1v) is 10.9. The van der Waals surface area contributed by atoms with E-state index in [-0.39, 0.29) is 23.5 Å². The van der Waals surface area contributed by atoms with Gasteiger partial charge in [-0.15, -0.1) is 23.2 Å². The minimum absolute atomic E-state index is 0.00149. The number of aliphatic hydroxyl groups is 2. The minimum atomic E-state index is -1.60. The molecule has 0 aromatic carbocycles. The van der Waals surface area contributed by atoms with Gasteiger partial charge in [0.1, 0.15) is 12.2 Å². The number of alkyl halides is 2. The van der Waals surface area contributed by atoms with Gasteiger partial charge in [0.25, 0.3) is 0 Å². The summed E-state index contributed by atoms with van der Waals surface area (Å²) >= 11 is 14.4. The zero-order valence-electron chi connectivity index (χ0n) is 16.5. The Labute approximate surface area is 176 Å². The molecule has 0 aromatic heterocycles. The molecule has 28 heavy (non-hydrogen) atoms. The molecule has 0 unspecified atom stereocenters. The highest BCUT2D eigenvalue weighted by Crippen LogP contribution is 2.72. The van der Waals surface area contributed by atoms with Crippen molar-refractivity contribution in [2.75, 3.05) is 6.61 Å². The summed E-state index contributed by atoms with van der Waals surface area (Å²) in [5, 5.41) is 20.6. The molecule has 3 saturated carbocycles. The fraction of sp³-hybridized carbons (Fsp3) is 0.727. The van der Waals surface area contributed by atoms with Crippen LogP contribution in [0.2, 0.25) is 0 Å². The Morgan fingerprint density at radius 1 is 1.32 bits per heavy atom. The van der Waals surface area contributed by atoms with Gasteiger partial charge in [-0.05, 0) is 55.6 Å². The molecule has 4 aliphatic rings. The van der Waals surface area contributed by atoms with Gasteiger partial charge in [0.2, 0.25) is 0 Å². The van der Waals surface area contributed by atoms with Crippen LogP contribution in [0.5, 0.6) is 0 Å². The molecule has 154 valence electrons. The van der Waals surface area contributed by atoms with Gasteiger partial charge in [0.05, 0.1) is 10.3 Å². The predicted molar refractivity (Wildman–Crippen MR) is 108 cm³/mol. The largest absolute Gasteiger partial charge is 0.388 e. The van der Waals surface area contributed by atoms with Gasteiger partial charge in [0.15, 0.2) is 11.6 Å². The fourth-order valence-electron chi connectivity index (χ4n) is 7.20. The van der Waals surface area contributed by atoms with Gasteiger partial charge in [-0.2, -0.15) is 0 Å². The van der Waals surface area contributed by atoms with Gasteiger partial charge < -0.3 is 10.2 Å². The van der Waals surface area contributed by atoms with Crippen molar-refractivity contribution in [1.29, 1.82) is 0 Å². The van der Waals surface area contributed by atoms with E-state index in [4.69, 9.17) is 23.2 Å². The maximum atomic E-state index is 12.6.